The summed E-state index contributed by atoms with van der Waals surface area (Å²) in [5.74, 6) is 0.301. The lowest BCUT2D eigenvalue weighted by Gasteiger charge is -2.05. The molecule has 0 fully saturated rings. The SMILES string of the molecule is Cn1ccc(NS(=O)(=O)c2ccc(Br)cc2)n1. The van der Waals surface area contributed by atoms with Crippen LogP contribution in [-0.4, -0.2) is 18.2 Å². The minimum absolute atomic E-state index is 0.200. The van der Waals surface area contributed by atoms with Crippen molar-refractivity contribution in [3.05, 3.63) is 41.0 Å². The molecule has 0 aliphatic heterocycles. The molecule has 0 aliphatic carbocycles. The van der Waals surface area contributed by atoms with E-state index in [4.69, 9.17) is 0 Å². The third-order valence-corrected chi connectivity index (χ3v) is 3.98. The summed E-state index contributed by atoms with van der Waals surface area (Å²) < 4.78 is 28.6. The van der Waals surface area contributed by atoms with Gasteiger partial charge in [0.05, 0.1) is 4.90 Å². The van der Waals surface area contributed by atoms with Crippen LogP contribution in [0.4, 0.5) is 5.82 Å². The summed E-state index contributed by atoms with van der Waals surface area (Å²) in [5.41, 5.74) is 0. The van der Waals surface area contributed by atoms with Crippen molar-refractivity contribution < 1.29 is 8.42 Å². The van der Waals surface area contributed by atoms with Crippen LogP contribution >= 0.6 is 15.9 Å². The number of benzene rings is 1. The molecular weight excluding hydrogens is 306 g/mol. The van der Waals surface area contributed by atoms with E-state index in [2.05, 4.69) is 25.8 Å². The van der Waals surface area contributed by atoms with Gasteiger partial charge in [0.15, 0.2) is 5.82 Å². The highest BCUT2D eigenvalue weighted by molar-refractivity contribution is 9.10. The first-order chi connectivity index (χ1) is 7.97. The van der Waals surface area contributed by atoms with Gasteiger partial charge in [0.1, 0.15) is 0 Å². The normalized spacial score (nSPS) is 11.4. The Labute approximate surface area is 108 Å². The summed E-state index contributed by atoms with van der Waals surface area (Å²) in [7, 11) is -1.84. The maximum Gasteiger partial charge on any atom is 0.263 e. The van der Waals surface area contributed by atoms with Gasteiger partial charge < -0.3 is 0 Å². The fourth-order valence-electron chi connectivity index (χ4n) is 1.28. The van der Waals surface area contributed by atoms with Crippen LogP contribution in [0.1, 0.15) is 0 Å². The Kier molecular flexibility index (Phi) is 3.21. The van der Waals surface area contributed by atoms with E-state index in [9.17, 15) is 8.42 Å². The van der Waals surface area contributed by atoms with E-state index in [1.54, 1.807) is 31.4 Å². The van der Waals surface area contributed by atoms with Gasteiger partial charge in [-0.3, -0.25) is 9.40 Å². The lowest BCUT2D eigenvalue weighted by Crippen LogP contribution is -2.13. The van der Waals surface area contributed by atoms with Crippen LogP contribution in [-0.2, 0) is 17.1 Å². The molecule has 1 aromatic heterocycles. The summed E-state index contributed by atoms with van der Waals surface area (Å²) in [6.45, 7) is 0. The number of aryl methyl sites for hydroxylation is 1. The molecule has 7 heteroatoms. The first-order valence-corrected chi connectivity index (χ1v) is 7.03. The zero-order valence-corrected chi connectivity index (χ0v) is 11.4. The molecule has 0 unspecified atom stereocenters. The summed E-state index contributed by atoms with van der Waals surface area (Å²) >= 11 is 3.25. The number of anilines is 1. The second kappa shape index (κ2) is 4.50. The average molecular weight is 316 g/mol. The fourth-order valence-corrected chi connectivity index (χ4v) is 2.54. The zero-order chi connectivity index (χ0) is 12.5. The molecule has 90 valence electrons. The largest absolute Gasteiger partial charge is 0.274 e. The second-order valence-corrected chi connectivity index (χ2v) is 6.03. The topological polar surface area (TPSA) is 64.0 Å². The summed E-state index contributed by atoms with van der Waals surface area (Å²) in [5, 5.41) is 3.96. The van der Waals surface area contributed by atoms with Gasteiger partial charge in [0.2, 0.25) is 0 Å². The van der Waals surface area contributed by atoms with Gasteiger partial charge in [0.25, 0.3) is 10.0 Å². The van der Waals surface area contributed by atoms with Gasteiger partial charge >= 0.3 is 0 Å². The molecule has 0 atom stereocenters. The molecule has 0 saturated heterocycles. The van der Waals surface area contributed by atoms with Gasteiger partial charge in [0, 0.05) is 23.8 Å². The van der Waals surface area contributed by atoms with Crippen molar-refractivity contribution in [3.63, 3.8) is 0 Å². The Morgan fingerprint density at radius 2 is 1.88 bits per heavy atom. The highest BCUT2D eigenvalue weighted by Crippen LogP contribution is 2.17. The number of nitrogens with one attached hydrogen (secondary N) is 1. The van der Waals surface area contributed by atoms with Crippen LogP contribution in [0.5, 0.6) is 0 Å². The van der Waals surface area contributed by atoms with E-state index >= 15 is 0 Å². The Hall–Kier alpha value is -1.34. The Balaban J connectivity index is 2.28. The average Bonchev–Trinajstić information content (AvgIpc) is 2.63. The van der Waals surface area contributed by atoms with E-state index in [1.807, 2.05) is 0 Å². The van der Waals surface area contributed by atoms with Crippen molar-refractivity contribution in [2.24, 2.45) is 7.05 Å². The summed E-state index contributed by atoms with van der Waals surface area (Å²) in [6.07, 6.45) is 1.67. The molecule has 2 rings (SSSR count). The molecule has 0 bridgehead atoms. The number of halogens is 1. The molecule has 1 heterocycles. The Morgan fingerprint density at radius 1 is 1.24 bits per heavy atom. The standard InChI is InChI=1S/C10H10BrN3O2S/c1-14-7-6-10(12-14)13-17(15,16)9-4-2-8(11)3-5-9/h2-7H,1H3,(H,12,13). The molecule has 17 heavy (non-hydrogen) atoms. The lowest BCUT2D eigenvalue weighted by molar-refractivity contribution is 0.601. The molecule has 0 aliphatic rings. The molecule has 2 aromatic rings. The van der Waals surface area contributed by atoms with Crippen LogP contribution < -0.4 is 4.72 Å². The first-order valence-electron chi connectivity index (χ1n) is 4.75. The number of nitrogens with zero attached hydrogens (tertiary/aromatic N) is 2. The minimum atomic E-state index is -3.56. The summed E-state index contributed by atoms with van der Waals surface area (Å²) in [6, 6.07) is 7.99. The Morgan fingerprint density at radius 3 is 2.41 bits per heavy atom. The molecule has 1 N–H and O–H groups in total. The monoisotopic (exact) mass is 315 g/mol. The van der Waals surface area contributed by atoms with E-state index in [1.165, 1.54) is 16.8 Å². The third-order valence-electron chi connectivity index (χ3n) is 2.08. The maximum atomic E-state index is 11.9. The van der Waals surface area contributed by atoms with Gasteiger partial charge in [-0.25, -0.2) is 8.42 Å². The maximum absolute atomic E-state index is 11.9. The van der Waals surface area contributed by atoms with E-state index in [0.29, 0.717) is 5.82 Å². The number of sulfonamides is 1. The van der Waals surface area contributed by atoms with Gasteiger partial charge in [-0.1, -0.05) is 15.9 Å². The summed E-state index contributed by atoms with van der Waals surface area (Å²) in [4.78, 5) is 0.200. The van der Waals surface area contributed by atoms with Gasteiger partial charge in [-0.15, -0.1) is 0 Å². The fraction of sp³-hybridized carbons (Fsp3) is 0.100. The third kappa shape index (κ3) is 2.86. The van der Waals surface area contributed by atoms with Crippen molar-refractivity contribution in [2.75, 3.05) is 4.72 Å². The molecule has 5 nitrogen and oxygen atoms in total. The quantitative estimate of drug-likeness (QED) is 0.942. The van der Waals surface area contributed by atoms with Crippen LogP contribution in [0.15, 0.2) is 45.9 Å². The van der Waals surface area contributed by atoms with Crippen LogP contribution in [0.25, 0.3) is 0 Å². The van der Waals surface area contributed by atoms with E-state index < -0.39 is 10.0 Å². The predicted octanol–water partition coefficient (Wildman–Crippen LogP) is 1.98. The lowest BCUT2D eigenvalue weighted by atomic mass is 10.4. The predicted molar refractivity (Wildman–Crippen MR) is 68.2 cm³/mol. The van der Waals surface area contributed by atoms with Crippen LogP contribution in [0, 0.1) is 0 Å². The minimum Gasteiger partial charge on any atom is -0.274 e. The van der Waals surface area contributed by atoms with Crippen molar-refractivity contribution in [1.29, 1.82) is 0 Å². The number of hydrogen-bond acceptors (Lipinski definition) is 3. The molecular formula is C10H10BrN3O2S. The smallest absolute Gasteiger partial charge is 0.263 e. The van der Waals surface area contributed by atoms with Crippen molar-refractivity contribution in [1.82, 2.24) is 9.78 Å². The number of aromatic nitrogens is 2. The molecule has 1 aromatic carbocycles. The van der Waals surface area contributed by atoms with Crippen molar-refractivity contribution in [2.45, 2.75) is 4.90 Å². The molecule has 0 spiro atoms. The van der Waals surface area contributed by atoms with Crippen LogP contribution in [0.2, 0.25) is 0 Å². The highest BCUT2D eigenvalue weighted by atomic mass is 79.9. The highest BCUT2D eigenvalue weighted by Gasteiger charge is 2.14. The second-order valence-electron chi connectivity index (χ2n) is 3.43. The van der Waals surface area contributed by atoms with Gasteiger partial charge in [-0.2, -0.15) is 5.10 Å². The van der Waals surface area contributed by atoms with Crippen molar-refractivity contribution in [3.8, 4) is 0 Å². The van der Waals surface area contributed by atoms with Gasteiger partial charge in [-0.05, 0) is 24.3 Å². The molecule has 0 saturated carbocycles. The van der Waals surface area contributed by atoms with E-state index in [-0.39, 0.29) is 4.90 Å². The first kappa shape index (κ1) is 12.1. The van der Waals surface area contributed by atoms with E-state index in [0.717, 1.165) is 4.47 Å². The molecule has 0 radical (unpaired) electrons. The van der Waals surface area contributed by atoms with Crippen molar-refractivity contribution >= 4 is 31.8 Å². The Bertz CT molecular complexity index is 619. The molecule has 0 amide bonds. The van der Waals surface area contributed by atoms with Crippen LogP contribution in [0.3, 0.4) is 0 Å². The number of rotatable bonds is 3. The zero-order valence-electron chi connectivity index (χ0n) is 8.96. The number of hydrogen-bond donors (Lipinski definition) is 1.